The van der Waals surface area contributed by atoms with Crippen molar-refractivity contribution in [2.24, 2.45) is 11.5 Å². The van der Waals surface area contributed by atoms with Gasteiger partial charge in [-0.3, -0.25) is 0 Å². The van der Waals surface area contributed by atoms with Crippen LogP contribution in [0.25, 0.3) is 0 Å². The highest BCUT2D eigenvalue weighted by molar-refractivity contribution is 5.87. The minimum atomic E-state index is -5.08. The maximum atomic E-state index is 11.0. The molecule has 0 amide bonds. The number of ether oxygens (including phenoxy) is 1. The van der Waals surface area contributed by atoms with Gasteiger partial charge in [-0.1, -0.05) is 13.8 Å². The van der Waals surface area contributed by atoms with Crippen molar-refractivity contribution in [1.29, 1.82) is 0 Å². The third-order valence-electron chi connectivity index (χ3n) is 3.47. The van der Waals surface area contributed by atoms with Gasteiger partial charge in [0.25, 0.3) is 0 Å². The quantitative estimate of drug-likeness (QED) is 0.582. The average Bonchev–Trinajstić information content (AvgIpc) is 2.48. The lowest BCUT2D eigenvalue weighted by atomic mass is 9.89. The van der Waals surface area contributed by atoms with Crippen molar-refractivity contribution in [3.05, 3.63) is 11.6 Å². The van der Waals surface area contributed by atoms with Gasteiger partial charge in [-0.15, -0.1) is 0 Å². The number of rotatable bonds is 5. The molecule has 6 N–H and O–H groups in total. The summed E-state index contributed by atoms with van der Waals surface area (Å²) in [5, 5.41) is 16.1. The highest BCUT2D eigenvalue weighted by Gasteiger charge is 2.38. The monoisotopic (exact) mass is 356 g/mol. The third kappa shape index (κ3) is 7.28. The van der Waals surface area contributed by atoms with E-state index in [0.717, 1.165) is 12.8 Å². The lowest BCUT2D eigenvalue weighted by molar-refractivity contribution is -0.192. The average molecular weight is 356 g/mol. The Morgan fingerprint density at radius 3 is 2.08 bits per heavy atom. The second-order valence-electron chi connectivity index (χ2n) is 5.28. The SMILES string of the molecule is CCC(CC)O[C@@H]1C=C(C(=O)O)C[C@H](N)[C@H]1N.O=C(O)C(F)(F)F. The van der Waals surface area contributed by atoms with E-state index in [1.807, 2.05) is 13.8 Å². The summed E-state index contributed by atoms with van der Waals surface area (Å²) in [5.41, 5.74) is 12.1. The molecule has 0 aromatic carbocycles. The Hall–Kier alpha value is -1.65. The molecule has 24 heavy (non-hydrogen) atoms. The van der Waals surface area contributed by atoms with Crippen molar-refractivity contribution in [3.63, 3.8) is 0 Å². The van der Waals surface area contributed by atoms with Gasteiger partial charge in [0, 0.05) is 17.7 Å². The number of carboxylic acids is 2. The molecule has 140 valence electrons. The van der Waals surface area contributed by atoms with Crippen LogP contribution >= 0.6 is 0 Å². The maximum absolute atomic E-state index is 11.0. The standard InChI is InChI=1S/C12H22N2O3.C2HF3O2/c1-3-8(4-2)17-10-6-7(12(15)16)5-9(13)11(10)14;3-2(4,5)1(6)7/h6,8-11H,3-5,13-14H2,1-2H3,(H,15,16);(H,6,7)/t9-,10+,11+;/m0./s1. The van der Waals surface area contributed by atoms with Crippen LogP contribution in [0.3, 0.4) is 0 Å². The zero-order valence-electron chi connectivity index (χ0n) is 13.4. The third-order valence-corrected chi connectivity index (χ3v) is 3.47. The summed E-state index contributed by atoms with van der Waals surface area (Å²) in [6.07, 6.45) is -1.71. The molecule has 0 spiro atoms. The molecule has 0 aromatic heterocycles. The molecule has 1 rings (SSSR count). The molecular weight excluding hydrogens is 333 g/mol. The van der Waals surface area contributed by atoms with Crippen LogP contribution in [0.1, 0.15) is 33.1 Å². The van der Waals surface area contributed by atoms with E-state index in [4.69, 9.17) is 31.2 Å². The van der Waals surface area contributed by atoms with E-state index in [9.17, 15) is 18.0 Å². The molecule has 0 bridgehead atoms. The molecule has 1 aliphatic rings. The van der Waals surface area contributed by atoms with Gasteiger partial charge in [0.05, 0.1) is 12.2 Å². The van der Waals surface area contributed by atoms with Crippen molar-refractivity contribution >= 4 is 11.9 Å². The maximum Gasteiger partial charge on any atom is 0.490 e. The first-order chi connectivity index (χ1) is 10.9. The van der Waals surface area contributed by atoms with Gasteiger partial charge < -0.3 is 26.4 Å². The summed E-state index contributed by atoms with van der Waals surface area (Å²) >= 11 is 0. The van der Waals surface area contributed by atoms with E-state index >= 15 is 0 Å². The molecule has 7 nitrogen and oxygen atoms in total. The van der Waals surface area contributed by atoms with E-state index < -0.39 is 24.2 Å². The Morgan fingerprint density at radius 1 is 1.29 bits per heavy atom. The van der Waals surface area contributed by atoms with Gasteiger partial charge in [-0.2, -0.15) is 13.2 Å². The van der Waals surface area contributed by atoms with Crippen LogP contribution in [-0.4, -0.2) is 52.6 Å². The first-order valence-electron chi connectivity index (χ1n) is 7.34. The molecule has 0 unspecified atom stereocenters. The van der Waals surface area contributed by atoms with Crippen molar-refractivity contribution < 1.29 is 37.7 Å². The van der Waals surface area contributed by atoms with E-state index in [0.29, 0.717) is 12.0 Å². The molecule has 1 aliphatic carbocycles. The number of nitrogens with two attached hydrogens (primary N) is 2. The molecule has 0 aliphatic heterocycles. The van der Waals surface area contributed by atoms with Crippen LogP contribution in [0, 0.1) is 0 Å². The van der Waals surface area contributed by atoms with Crippen LogP contribution < -0.4 is 11.5 Å². The van der Waals surface area contributed by atoms with Crippen molar-refractivity contribution in [2.75, 3.05) is 0 Å². The van der Waals surface area contributed by atoms with Crippen LogP contribution in [0.5, 0.6) is 0 Å². The zero-order valence-corrected chi connectivity index (χ0v) is 13.4. The molecule has 0 saturated carbocycles. The summed E-state index contributed by atoms with van der Waals surface area (Å²) in [7, 11) is 0. The molecule has 0 heterocycles. The van der Waals surface area contributed by atoms with E-state index in [2.05, 4.69) is 0 Å². The fourth-order valence-corrected chi connectivity index (χ4v) is 2.00. The van der Waals surface area contributed by atoms with Crippen LogP contribution in [-0.2, 0) is 14.3 Å². The lowest BCUT2D eigenvalue weighted by Crippen LogP contribution is -2.53. The second-order valence-corrected chi connectivity index (χ2v) is 5.28. The van der Waals surface area contributed by atoms with Gasteiger partial charge in [0.2, 0.25) is 0 Å². The van der Waals surface area contributed by atoms with E-state index in [1.54, 1.807) is 6.08 Å². The summed E-state index contributed by atoms with van der Waals surface area (Å²) in [4.78, 5) is 19.9. The highest BCUT2D eigenvalue weighted by atomic mass is 19.4. The fraction of sp³-hybridized carbons (Fsp3) is 0.714. The minimum absolute atomic E-state index is 0.0997. The normalized spacial score (nSPS) is 24.0. The molecule has 0 radical (unpaired) electrons. The van der Waals surface area contributed by atoms with Gasteiger partial charge in [0.15, 0.2) is 0 Å². The molecule has 0 fully saturated rings. The van der Waals surface area contributed by atoms with E-state index in [-0.39, 0.29) is 18.2 Å². The Balaban J connectivity index is 0.000000640. The lowest BCUT2D eigenvalue weighted by Gasteiger charge is -2.33. The van der Waals surface area contributed by atoms with Crippen LogP contribution in [0.2, 0.25) is 0 Å². The van der Waals surface area contributed by atoms with Crippen LogP contribution in [0.4, 0.5) is 13.2 Å². The number of alkyl halides is 3. The molecule has 0 aromatic rings. The molecular formula is C14H23F3N2O5. The largest absolute Gasteiger partial charge is 0.490 e. The topological polar surface area (TPSA) is 136 Å². The zero-order chi connectivity index (χ0) is 19.1. The van der Waals surface area contributed by atoms with Gasteiger partial charge in [-0.05, 0) is 25.3 Å². The predicted octanol–water partition coefficient (Wildman–Crippen LogP) is 1.26. The van der Waals surface area contributed by atoms with Crippen LogP contribution in [0.15, 0.2) is 11.6 Å². The minimum Gasteiger partial charge on any atom is -0.478 e. The molecule has 3 atom stereocenters. The first kappa shape index (κ1) is 22.4. The first-order valence-corrected chi connectivity index (χ1v) is 7.34. The summed E-state index contributed by atoms with van der Waals surface area (Å²) in [6, 6.07) is -0.691. The van der Waals surface area contributed by atoms with Crippen molar-refractivity contribution in [1.82, 2.24) is 0 Å². The van der Waals surface area contributed by atoms with Gasteiger partial charge in [-0.25, -0.2) is 9.59 Å². The predicted molar refractivity (Wildman–Crippen MR) is 79.2 cm³/mol. The van der Waals surface area contributed by atoms with Crippen molar-refractivity contribution in [3.8, 4) is 0 Å². The fourth-order valence-electron chi connectivity index (χ4n) is 2.00. The smallest absolute Gasteiger partial charge is 0.478 e. The Bertz CT molecular complexity index is 464. The number of halogens is 3. The molecule has 10 heteroatoms. The second kappa shape index (κ2) is 9.60. The van der Waals surface area contributed by atoms with Gasteiger partial charge >= 0.3 is 18.1 Å². The Kier molecular flexibility index (Phi) is 8.94. The van der Waals surface area contributed by atoms with E-state index in [1.165, 1.54) is 0 Å². The Labute approximate surface area is 137 Å². The Morgan fingerprint density at radius 2 is 1.75 bits per heavy atom. The summed E-state index contributed by atoms with van der Waals surface area (Å²) in [5.74, 6) is -3.70. The summed E-state index contributed by atoms with van der Waals surface area (Å²) < 4.78 is 37.5. The number of hydrogen-bond donors (Lipinski definition) is 4. The highest BCUT2D eigenvalue weighted by Crippen LogP contribution is 2.21. The number of hydrogen-bond acceptors (Lipinski definition) is 5. The summed E-state index contributed by atoms with van der Waals surface area (Å²) in [6.45, 7) is 4.06. The number of aliphatic carboxylic acids is 2. The number of carboxylic acid groups (broad SMARTS) is 2. The number of carbonyl (C=O) groups is 2. The van der Waals surface area contributed by atoms with Gasteiger partial charge in [0.1, 0.15) is 0 Å². The van der Waals surface area contributed by atoms with Crippen molar-refractivity contribution in [2.45, 2.75) is 63.6 Å². The molecule has 0 saturated heterocycles.